The molecule has 1 aliphatic heterocycles. The molecule has 2 aliphatic rings. The van der Waals surface area contributed by atoms with Gasteiger partial charge in [-0.2, -0.15) is 0 Å². The molecule has 0 amide bonds. The Bertz CT molecular complexity index is 391. The first-order valence-electron chi connectivity index (χ1n) is 6.19. The van der Waals surface area contributed by atoms with Crippen LogP contribution in [-0.2, 0) is 0 Å². The third-order valence-corrected chi connectivity index (χ3v) is 3.38. The summed E-state index contributed by atoms with van der Waals surface area (Å²) in [6.45, 7) is 1.44. The number of para-hydroxylation sites is 2. The number of nitrogens with one attached hydrogen (secondary N) is 1. The highest BCUT2D eigenvalue weighted by atomic mass is 16.6. The summed E-state index contributed by atoms with van der Waals surface area (Å²) in [5.74, 6) is 1.69. The minimum Gasteiger partial charge on any atom is -0.486 e. The number of nitrogens with two attached hydrogens (primary N) is 1. The third-order valence-electron chi connectivity index (χ3n) is 3.38. The predicted molar refractivity (Wildman–Crippen MR) is 65.4 cm³/mol. The van der Waals surface area contributed by atoms with Crippen molar-refractivity contribution in [3.05, 3.63) is 24.3 Å². The van der Waals surface area contributed by atoms with Crippen LogP contribution in [0.15, 0.2) is 24.3 Å². The molecular weight excluding hydrogens is 216 g/mol. The van der Waals surface area contributed by atoms with Crippen LogP contribution >= 0.6 is 0 Å². The fraction of sp³-hybridized carbons (Fsp3) is 0.538. The summed E-state index contributed by atoms with van der Waals surface area (Å²) in [6.07, 6.45) is 2.25. The van der Waals surface area contributed by atoms with Gasteiger partial charge in [-0.3, -0.25) is 0 Å². The smallest absolute Gasteiger partial charge is 0.161 e. The standard InChI is InChI=1S/C13H18N2O2/c14-9-5-10(6-9)15-7-11-8-16-12-3-1-2-4-13(12)17-11/h1-4,9-11,15H,5-8,14H2. The van der Waals surface area contributed by atoms with Gasteiger partial charge in [-0.1, -0.05) is 12.1 Å². The Morgan fingerprint density at radius 2 is 2.00 bits per heavy atom. The van der Waals surface area contributed by atoms with Crippen molar-refractivity contribution in [3.63, 3.8) is 0 Å². The van der Waals surface area contributed by atoms with E-state index < -0.39 is 0 Å². The molecule has 1 aliphatic carbocycles. The number of fused-ring (bicyclic) bond motifs is 1. The van der Waals surface area contributed by atoms with Gasteiger partial charge in [0.1, 0.15) is 12.7 Å². The maximum atomic E-state index is 5.86. The van der Waals surface area contributed by atoms with Crippen LogP contribution in [0.4, 0.5) is 0 Å². The molecule has 17 heavy (non-hydrogen) atoms. The Balaban J connectivity index is 1.50. The predicted octanol–water partition coefficient (Wildman–Crippen LogP) is 0.906. The first-order chi connectivity index (χ1) is 8.31. The molecule has 0 saturated heterocycles. The molecule has 0 bridgehead atoms. The summed E-state index contributed by atoms with van der Waals surface area (Å²) in [4.78, 5) is 0. The van der Waals surface area contributed by atoms with Crippen molar-refractivity contribution in [2.24, 2.45) is 5.73 Å². The number of benzene rings is 1. The summed E-state index contributed by atoms with van der Waals surface area (Å²) in [5.41, 5.74) is 5.74. The zero-order valence-electron chi connectivity index (χ0n) is 9.76. The van der Waals surface area contributed by atoms with Gasteiger partial charge in [0.2, 0.25) is 0 Å². The van der Waals surface area contributed by atoms with Crippen molar-refractivity contribution in [2.45, 2.75) is 31.0 Å². The zero-order valence-corrected chi connectivity index (χ0v) is 9.76. The van der Waals surface area contributed by atoms with Gasteiger partial charge in [-0.05, 0) is 25.0 Å². The molecule has 1 saturated carbocycles. The molecule has 0 aromatic heterocycles. The van der Waals surface area contributed by atoms with Crippen molar-refractivity contribution in [3.8, 4) is 11.5 Å². The fourth-order valence-corrected chi connectivity index (χ4v) is 2.29. The molecule has 3 rings (SSSR count). The summed E-state index contributed by atoms with van der Waals surface area (Å²) in [5, 5.41) is 3.47. The highest BCUT2D eigenvalue weighted by Crippen LogP contribution is 2.30. The summed E-state index contributed by atoms with van der Waals surface area (Å²) >= 11 is 0. The quantitative estimate of drug-likeness (QED) is 0.816. The first-order valence-corrected chi connectivity index (χ1v) is 6.19. The summed E-state index contributed by atoms with van der Waals surface area (Å²) in [7, 11) is 0. The molecule has 4 heteroatoms. The lowest BCUT2D eigenvalue weighted by molar-refractivity contribution is 0.0842. The molecule has 1 aromatic carbocycles. The van der Waals surface area contributed by atoms with Crippen LogP contribution in [0.3, 0.4) is 0 Å². The normalized spacial score (nSPS) is 30.8. The number of ether oxygens (including phenoxy) is 2. The molecule has 1 aromatic rings. The van der Waals surface area contributed by atoms with Gasteiger partial charge in [0.25, 0.3) is 0 Å². The van der Waals surface area contributed by atoms with Gasteiger partial charge in [-0.25, -0.2) is 0 Å². The van der Waals surface area contributed by atoms with Gasteiger partial charge in [0.15, 0.2) is 11.5 Å². The average Bonchev–Trinajstić information content (AvgIpc) is 2.33. The van der Waals surface area contributed by atoms with Crippen LogP contribution in [-0.4, -0.2) is 31.3 Å². The second-order valence-electron chi connectivity index (χ2n) is 4.83. The van der Waals surface area contributed by atoms with Crippen molar-refractivity contribution >= 4 is 0 Å². The molecule has 4 nitrogen and oxygen atoms in total. The Labute approximate surface area is 101 Å². The fourth-order valence-electron chi connectivity index (χ4n) is 2.29. The van der Waals surface area contributed by atoms with Gasteiger partial charge in [-0.15, -0.1) is 0 Å². The largest absolute Gasteiger partial charge is 0.486 e. The maximum absolute atomic E-state index is 5.86. The van der Waals surface area contributed by atoms with E-state index in [0.29, 0.717) is 18.7 Å². The summed E-state index contributed by atoms with van der Waals surface area (Å²) in [6, 6.07) is 8.74. The Kier molecular flexibility index (Phi) is 2.91. The highest BCUT2D eigenvalue weighted by Gasteiger charge is 2.27. The van der Waals surface area contributed by atoms with Gasteiger partial charge in [0.05, 0.1) is 0 Å². The number of hydrogen-bond donors (Lipinski definition) is 2. The molecule has 92 valence electrons. The van der Waals surface area contributed by atoms with E-state index in [1.54, 1.807) is 0 Å². The molecule has 1 atom stereocenters. The van der Waals surface area contributed by atoms with E-state index in [4.69, 9.17) is 15.2 Å². The minimum absolute atomic E-state index is 0.0988. The first kappa shape index (κ1) is 10.9. The summed E-state index contributed by atoms with van der Waals surface area (Å²) < 4.78 is 11.5. The lowest BCUT2D eigenvalue weighted by Gasteiger charge is -2.35. The number of hydrogen-bond acceptors (Lipinski definition) is 4. The van der Waals surface area contributed by atoms with Gasteiger partial charge < -0.3 is 20.5 Å². The molecular formula is C13H18N2O2. The lowest BCUT2D eigenvalue weighted by atomic mass is 9.87. The van der Waals surface area contributed by atoms with E-state index in [0.717, 1.165) is 30.9 Å². The Morgan fingerprint density at radius 1 is 1.24 bits per heavy atom. The van der Waals surface area contributed by atoms with E-state index >= 15 is 0 Å². The van der Waals surface area contributed by atoms with Gasteiger partial charge in [0, 0.05) is 18.6 Å². The molecule has 1 fully saturated rings. The van der Waals surface area contributed by atoms with Crippen LogP contribution < -0.4 is 20.5 Å². The van der Waals surface area contributed by atoms with Crippen LogP contribution in [0.5, 0.6) is 11.5 Å². The van der Waals surface area contributed by atoms with E-state index in [9.17, 15) is 0 Å². The van der Waals surface area contributed by atoms with E-state index in [-0.39, 0.29) is 6.10 Å². The monoisotopic (exact) mass is 234 g/mol. The maximum Gasteiger partial charge on any atom is 0.161 e. The minimum atomic E-state index is 0.0988. The molecule has 1 unspecified atom stereocenters. The van der Waals surface area contributed by atoms with Crippen molar-refractivity contribution in [1.29, 1.82) is 0 Å². The molecule has 3 N–H and O–H groups in total. The van der Waals surface area contributed by atoms with Gasteiger partial charge >= 0.3 is 0 Å². The SMILES string of the molecule is NC1CC(NCC2COc3ccccc3O2)C1. The molecule has 0 spiro atoms. The van der Waals surface area contributed by atoms with Crippen molar-refractivity contribution < 1.29 is 9.47 Å². The highest BCUT2D eigenvalue weighted by molar-refractivity contribution is 5.40. The Hall–Kier alpha value is -1.26. The second-order valence-corrected chi connectivity index (χ2v) is 4.83. The second kappa shape index (κ2) is 4.55. The Morgan fingerprint density at radius 3 is 2.76 bits per heavy atom. The van der Waals surface area contributed by atoms with Crippen LogP contribution in [0.25, 0.3) is 0 Å². The molecule has 0 radical (unpaired) electrons. The van der Waals surface area contributed by atoms with Crippen LogP contribution in [0.2, 0.25) is 0 Å². The van der Waals surface area contributed by atoms with E-state index in [2.05, 4.69) is 5.32 Å². The van der Waals surface area contributed by atoms with Crippen molar-refractivity contribution in [2.75, 3.05) is 13.2 Å². The third kappa shape index (κ3) is 2.37. The van der Waals surface area contributed by atoms with E-state index in [1.165, 1.54) is 0 Å². The van der Waals surface area contributed by atoms with Crippen LogP contribution in [0.1, 0.15) is 12.8 Å². The lowest BCUT2D eigenvalue weighted by Crippen LogP contribution is -2.51. The molecule has 1 heterocycles. The van der Waals surface area contributed by atoms with E-state index in [1.807, 2.05) is 24.3 Å². The topological polar surface area (TPSA) is 56.5 Å². The average molecular weight is 234 g/mol. The zero-order chi connectivity index (χ0) is 11.7. The van der Waals surface area contributed by atoms with Crippen molar-refractivity contribution in [1.82, 2.24) is 5.32 Å². The van der Waals surface area contributed by atoms with Crippen LogP contribution in [0, 0.1) is 0 Å². The number of rotatable bonds is 3.